The Morgan fingerprint density at radius 1 is 0.967 bits per heavy atom. The molecule has 2 heterocycles. The Hall–Kier alpha value is -3.52. The molecule has 2 aromatic carbocycles. The van der Waals surface area contributed by atoms with Crippen LogP contribution in [0.2, 0.25) is 0 Å². The number of benzene rings is 2. The quantitative estimate of drug-likeness (QED) is 0.503. The molecule has 0 spiro atoms. The van der Waals surface area contributed by atoms with Crippen LogP contribution in [0, 0.1) is 0 Å². The highest BCUT2D eigenvalue weighted by Gasteiger charge is 2.16. The van der Waals surface area contributed by atoms with Crippen molar-refractivity contribution in [1.82, 2.24) is 14.1 Å². The number of aromatic nitrogens is 3. The van der Waals surface area contributed by atoms with Gasteiger partial charge in [0.15, 0.2) is 0 Å². The Bertz CT molecular complexity index is 1420. The second kappa shape index (κ2) is 7.72. The van der Waals surface area contributed by atoms with Crippen LogP contribution in [0.25, 0.3) is 22.2 Å². The number of rotatable bonds is 3. The van der Waals surface area contributed by atoms with E-state index < -0.39 is 17.2 Å². The molecule has 0 bridgehead atoms. The van der Waals surface area contributed by atoms with Crippen molar-refractivity contribution >= 4 is 38.6 Å². The number of carbonyl (C=O) groups is 1. The first-order valence-corrected chi connectivity index (χ1v) is 9.88. The van der Waals surface area contributed by atoms with E-state index in [0.717, 1.165) is 14.6 Å². The monoisotopic (exact) mass is 464 g/mol. The highest BCUT2D eigenvalue weighted by atomic mass is 79.9. The summed E-state index contributed by atoms with van der Waals surface area (Å²) >= 11 is 3.46. The molecule has 1 amide bonds. The fourth-order valence-corrected chi connectivity index (χ4v) is 3.59. The predicted molar refractivity (Wildman–Crippen MR) is 120 cm³/mol. The van der Waals surface area contributed by atoms with E-state index in [1.165, 1.54) is 24.7 Å². The summed E-state index contributed by atoms with van der Waals surface area (Å²) < 4.78 is 3.09. The summed E-state index contributed by atoms with van der Waals surface area (Å²) in [6, 6.07) is 17.9. The van der Waals surface area contributed by atoms with Crippen LogP contribution in [0.1, 0.15) is 10.4 Å². The van der Waals surface area contributed by atoms with Gasteiger partial charge in [0, 0.05) is 35.6 Å². The summed E-state index contributed by atoms with van der Waals surface area (Å²) in [6.07, 6.45) is 0. The fraction of sp³-hybridized carbons (Fsp3) is 0.0909. The molecular formula is C22H17BrN4O3. The maximum Gasteiger partial charge on any atom is 0.332 e. The van der Waals surface area contributed by atoms with Crippen LogP contribution in [0.5, 0.6) is 0 Å². The zero-order chi connectivity index (χ0) is 21.4. The van der Waals surface area contributed by atoms with E-state index in [0.29, 0.717) is 22.2 Å². The topological polar surface area (TPSA) is 86.0 Å². The summed E-state index contributed by atoms with van der Waals surface area (Å²) in [5, 5.41) is 3.36. The Morgan fingerprint density at radius 2 is 1.73 bits per heavy atom. The van der Waals surface area contributed by atoms with Crippen LogP contribution in [0.4, 0.5) is 5.82 Å². The molecule has 150 valence electrons. The number of hydrogen-bond donors (Lipinski definition) is 1. The van der Waals surface area contributed by atoms with Gasteiger partial charge in [-0.05, 0) is 24.3 Å². The van der Waals surface area contributed by atoms with Crippen LogP contribution in [-0.2, 0) is 14.1 Å². The minimum Gasteiger partial charge on any atom is -0.308 e. The zero-order valence-electron chi connectivity index (χ0n) is 16.2. The van der Waals surface area contributed by atoms with Crippen LogP contribution < -0.4 is 16.6 Å². The van der Waals surface area contributed by atoms with Crippen molar-refractivity contribution in [1.29, 1.82) is 0 Å². The third-order valence-electron chi connectivity index (χ3n) is 4.85. The first-order chi connectivity index (χ1) is 14.3. The van der Waals surface area contributed by atoms with Gasteiger partial charge in [-0.3, -0.25) is 18.7 Å². The molecule has 8 heteroatoms. The van der Waals surface area contributed by atoms with Crippen LogP contribution in [0.15, 0.2) is 74.7 Å². The third kappa shape index (κ3) is 3.57. The maximum atomic E-state index is 13.2. The Balaban J connectivity index is 1.85. The van der Waals surface area contributed by atoms with Gasteiger partial charge in [0.05, 0.1) is 16.8 Å². The minimum absolute atomic E-state index is 0.123. The highest BCUT2D eigenvalue weighted by Crippen LogP contribution is 2.27. The fourth-order valence-electron chi connectivity index (χ4n) is 3.20. The molecule has 0 atom stereocenters. The Labute approximate surface area is 179 Å². The normalized spacial score (nSPS) is 10.9. The van der Waals surface area contributed by atoms with Gasteiger partial charge in [0.1, 0.15) is 5.82 Å². The number of hydrogen-bond acceptors (Lipinski definition) is 4. The number of fused-ring (bicyclic) bond motifs is 1. The van der Waals surface area contributed by atoms with Crippen molar-refractivity contribution in [3.63, 3.8) is 0 Å². The number of pyridine rings is 1. The Kier molecular flexibility index (Phi) is 5.09. The van der Waals surface area contributed by atoms with Crippen molar-refractivity contribution in [2.24, 2.45) is 14.1 Å². The van der Waals surface area contributed by atoms with Crippen molar-refractivity contribution in [2.45, 2.75) is 0 Å². The second-order valence-electron chi connectivity index (χ2n) is 6.81. The summed E-state index contributed by atoms with van der Waals surface area (Å²) in [5.41, 5.74) is 1.53. The molecule has 7 nitrogen and oxygen atoms in total. The average molecular weight is 465 g/mol. The van der Waals surface area contributed by atoms with Crippen LogP contribution in [0.3, 0.4) is 0 Å². The zero-order valence-corrected chi connectivity index (χ0v) is 17.8. The Morgan fingerprint density at radius 3 is 2.50 bits per heavy atom. The molecule has 0 saturated heterocycles. The van der Waals surface area contributed by atoms with Crippen molar-refractivity contribution in [2.75, 3.05) is 5.32 Å². The van der Waals surface area contributed by atoms with Crippen LogP contribution >= 0.6 is 15.9 Å². The predicted octanol–water partition coefficient (Wildman–Crippen LogP) is 3.31. The standard InChI is InChI=1S/C22H17BrN4O3/c1-26-19(12-20(28)27(2)22(26)30)25-21(29)16-11-18(13-6-5-7-14(23)10-13)24-17-9-4-3-8-15(16)17/h3-12H,1-2H3,(H,25,29). The molecule has 0 unspecified atom stereocenters. The molecule has 0 radical (unpaired) electrons. The SMILES string of the molecule is Cn1c(NC(=O)c2cc(-c3cccc(Br)c3)nc3ccccc23)cc(=O)n(C)c1=O. The summed E-state index contributed by atoms with van der Waals surface area (Å²) in [7, 11) is 2.88. The highest BCUT2D eigenvalue weighted by molar-refractivity contribution is 9.10. The van der Waals surface area contributed by atoms with Crippen LogP contribution in [-0.4, -0.2) is 20.0 Å². The van der Waals surface area contributed by atoms with Gasteiger partial charge < -0.3 is 5.32 Å². The molecule has 30 heavy (non-hydrogen) atoms. The lowest BCUT2D eigenvalue weighted by Gasteiger charge is -2.13. The average Bonchev–Trinajstić information content (AvgIpc) is 2.75. The molecule has 0 aliphatic rings. The number of halogens is 1. The minimum atomic E-state index is -0.521. The molecule has 0 aliphatic heterocycles. The van der Waals surface area contributed by atoms with Gasteiger partial charge >= 0.3 is 5.69 Å². The molecule has 0 fully saturated rings. The van der Waals surface area contributed by atoms with E-state index in [4.69, 9.17) is 0 Å². The lowest BCUT2D eigenvalue weighted by atomic mass is 10.0. The van der Waals surface area contributed by atoms with Gasteiger partial charge in [0.25, 0.3) is 11.5 Å². The van der Waals surface area contributed by atoms with E-state index in [1.807, 2.05) is 48.5 Å². The number of nitrogens with zero attached hydrogens (tertiary/aromatic N) is 3. The third-order valence-corrected chi connectivity index (χ3v) is 5.34. The largest absolute Gasteiger partial charge is 0.332 e. The van der Waals surface area contributed by atoms with Gasteiger partial charge in [-0.1, -0.05) is 46.3 Å². The van der Waals surface area contributed by atoms with Gasteiger partial charge in [-0.15, -0.1) is 0 Å². The smallest absolute Gasteiger partial charge is 0.308 e. The molecule has 0 saturated carbocycles. The summed E-state index contributed by atoms with van der Waals surface area (Å²) in [5.74, 6) is -0.314. The summed E-state index contributed by atoms with van der Waals surface area (Å²) in [4.78, 5) is 42.0. The van der Waals surface area contributed by atoms with Crippen molar-refractivity contribution in [3.8, 4) is 11.3 Å². The lowest BCUT2D eigenvalue weighted by Crippen LogP contribution is -2.38. The van der Waals surface area contributed by atoms with Crippen molar-refractivity contribution in [3.05, 3.63) is 91.5 Å². The number of carbonyl (C=O) groups excluding carboxylic acids is 1. The van der Waals surface area contributed by atoms with Crippen molar-refractivity contribution < 1.29 is 4.79 Å². The number of anilines is 1. The summed E-state index contributed by atoms with van der Waals surface area (Å²) in [6.45, 7) is 0. The van der Waals surface area contributed by atoms with E-state index in [9.17, 15) is 14.4 Å². The maximum absolute atomic E-state index is 13.2. The lowest BCUT2D eigenvalue weighted by molar-refractivity contribution is 0.102. The first kappa shape index (κ1) is 19.8. The van der Waals surface area contributed by atoms with E-state index >= 15 is 0 Å². The molecule has 4 aromatic rings. The molecular weight excluding hydrogens is 448 g/mol. The number of para-hydroxylation sites is 1. The molecule has 2 aromatic heterocycles. The van der Waals surface area contributed by atoms with E-state index in [-0.39, 0.29) is 5.82 Å². The van der Waals surface area contributed by atoms with Gasteiger partial charge in [-0.2, -0.15) is 0 Å². The molecule has 0 aliphatic carbocycles. The van der Waals surface area contributed by atoms with E-state index in [2.05, 4.69) is 26.2 Å². The van der Waals surface area contributed by atoms with Gasteiger partial charge in [0.2, 0.25) is 0 Å². The van der Waals surface area contributed by atoms with Gasteiger partial charge in [-0.25, -0.2) is 9.78 Å². The second-order valence-corrected chi connectivity index (χ2v) is 7.72. The number of amides is 1. The molecule has 4 rings (SSSR count). The van der Waals surface area contributed by atoms with E-state index in [1.54, 1.807) is 6.07 Å². The first-order valence-electron chi connectivity index (χ1n) is 9.09. The molecule has 1 N–H and O–H groups in total. The number of nitrogens with one attached hydrogen (secondary N) is 1.